The summed E-state index contributed by atoms with van der Waals surface area (Å²) in [5.74, 6) is -0.670. The molecule has 0 unspecified atom stereocenters. The van der Waals surface area contributed by atoms with Crippen molar-refractivity contribution in [1.82, 2.24) is 0 Å². The Morgan fingerprint density at radius 3 is 2.19 bits per heavy atom. The largest absolute Gasteiger partial charge is 0.493 e. The van der Waals surface area contributed by atoms with Crippen LogP contribution in [0.4, 0.5) is 24.5 Å². The molecule has 8 nitrogen and oxygen atoms in total. The van der Waals surface area contributed by atoms with E-state index in [1.54, 1.807) is 24.3 Å². The molecule has 2 rings (SSSR count). The van der Waals surface area contributed by atoms with Crippen molar-refractivity contribution in [3.05, 3.63) is 53.6 Å². The Hall–Kier alpha value is -3.89. The Morgan fingerprint density at radius 2 is 1.56 bits per heavy atom. The predicted octanol–water partition coefficient (Wildman–Crippen LogP) is 4.77. The molecule has 11 heteroatoms. The molecule has 0 saturated carbocycles. The van der Waals surface area contributed by atoms with E-state index in [1.807, 2.05) is 0 Å². The number of halogens is 3. The van der Waals surface area contributed by atoms with E-state index in [0.717, 1.165) is 25.3 Å². The number of anilines is 2. The normalized spacial score (nSPS) is 11.3. The molecule has 0 fully saturated rings. The maximum atomic E-state index is 12.1. The average molecular weight is 511 g/mol. The van der Waals surface area contributed by atoms with Crippen molar-refractivity contribution in [2.45, 2.75) is 31.9 Å². The first-order chi connectivity index (χ1) is 17.1. The van der Waals surface area contributed by atoms with Gasteiger partial charge in [0.15, 0.2) is 18.1 Å². The number of hydrogen-bond donors (Lipinski definition) is 2. The molecule has 0 spiro atoms. The lowest BCUT2D eigenvalue weighted by molar-refractivity contribution is -0.182. The fraction of sp³-hybridized carbons (Fsp3) is 0.360. The average Bonchev–Trinajstić information content (AvgIpc) is 2.82. The third-order valence-corrected chi connectivity index (χ3v) is 4.72. The minimum atomic E-state index is -4.58. The van der Waals surface area contributed by atoms with E-state index in [0.29, 0.717) is 47.0 Å². The first-order valence-electron chi connectivity index (χ1n) is 11.1. The maximum absolute atomic E-state index is 12.1. The van der Waals surface area contributed by atoms with Gasteiger partial charge in [0.1, 0.15) is 0 Å². The molecule has 0 amide bonds. The summed E-state index contributed by atoms with van der Waals surface area (Å²) >= 11 is 0. The number of rotatable bonds is 13. The minimum Gasteiger partial charge on any atom is -0.493 e. The summed E-state index contributed by atoms with van der Waals surface area (Å²) in [6.45, 7) is -0.936. The smallest absolute Gasteiger partial charge is 0.422 e. The lowest BCUT2D eigenvalue weighted by atomic mass is 10.1. The van der Waals surface area contributed by atoms with Crippen molar-refractivity contribution in [2.24, 2.45) is 0 Å². The van der Waals surface area contributed by atoms with Crippen LogP contribution in [-0.4, -0.2) is 45.0 Å². The Morgan fingerprint density at radius 1 is 0.889 bits per heavy atom. The second kappa shape index (κ2) is 13.9. The molecule has 36 heavy (non-hydrogen) atoms. The fourth-order valence-electron chi connectivity index (χ4n) is 3.05. The Bertz CT molecular complexity index is 1040. The van der Waals surface area contributed by atoms with Crippen LogP contribution in [0.15, 0.2) is 42.5 Å². The van der Waals surface area contributed by atoms with E-state index in [-0.39, 0.29) is 6.61 Å². The summed E-state index contributed by atoms with van der Waals surface area (Å²) < 4.78 is 56.6. The molecule has 0 aromatic heterocycles. The summed E-state index contributed by atoms with van der Waals surface area (Å²) in [5.41, 5.74) is 13.0. The zero-order valence-corrected chi connectivity index (χ0v) is 19.8. The van der Waals surface area contributed by atoms with Crippen LogP contribution in [0.5, 0.6) is 11.5 Å². The second-order valence-electron chi connectivity index (χ2n) is 7.75. The summed E-state index contributed by atoms with van der Waals surface area (Å²) in [5, 5.41) is 0. The molecular formula is C25H29F3N2O6. The van der Waals surface area contributed by atoms with Crippen LogP contribution in [0.1, 0.15) is 41.6 Å². The molecule has 0 aliphatic heterocycles. The minimum absolute atomic E-state index is 0.279. The summed E-state index contributed by atoms with van der Waals surface area (Å²) in [4.78, 5) is 23.4. The number of nitrogen functional groups attached to an aromatic ring is 2. The van der Waals surface area contributed by atoms with E-state index in [2.05, 4.69) is 4.74 Å². The third kappa shape index (κ3) is 10.6. The number of methoxy groups -OCH3 is 1. The van der Waals surface area contributed by atoms with Gasteiger partial charge in [0.05, 0.1) is 25.9 Å². The van der Waals surface area contributed by atoms with Crippen LogP contribution < -0.4 is 20.9 Å². The molecule has 0 atom stereocenters. The highest BCUT2D eigenvalue weighted by Crippen LogP contribution is 2.29. The van der Waals surface area contributed by atoms with Crippen molar-refractivity contribution in [1.29, 1.82) is 0 Å². The monoisotopic (exact) mass is 510 g/mol. The zero-order valence-electron chi connectivity index (χ0n) is 19.8. The molecule has 196 valence electrons. The number of nitrogens with two attached hydrogens (primary N) is 2. The van der Waals surface area contributed by atoms with Gasteiger partial charge in [-0.2, -0.15) is 13.2 Å². The first-order valence-corrected chi connectivity index (χ1v) is 11.1. The first kappa shape index (κ1) is 28.3. The molecule has 0 aliphatic carbocycles. The number of hydrogen-bond acceptors (Lipinski definition) is 8. The molecule has 2 aromatic rings. The maximum Gasteiger partial charge on any atom is 0.422 e. The highest BCUT2D eigenvalue weighted by molar-refractivity contribution is 5.91. The van der Waals surface area contributed by atoms with Gasteiger partial charge < -0.3 is 30.4 Å². The number of alkyl halides is 3. The molecule has 2 aromatic carbocycles. The van der Waals surface area contributed by atoms with Crippen LogP contribution in [0, 0.1) is 0 Å². The van der Waals surface area contributed by atoms with Crippen molar-refractivity contribution < 1.29 is 41.7 Å². The number of esters is 2. The fourth-order valence-corrected chi connectivity index (χ4v) is 3.05. The Kier molecular flexibility index (Phi) is 10.9. The van der Waals surface area contributed by atoms with Gasteiger partial charge in [-0.3, -0.25) is 0 Å². The van der Waals surface area contributed by atoms with Crippen LogP contribution in [0.25, 0.3) is 6.08 Å². The Labute approximate surface area is 206 Å². The van der Waals surface area contributed by atoms with Gasteiger partial charge >= 0.3 is 18.1 Å². The number of benzene rings is 2. The van der Waals surface area contributed by atoms with E-state index in [9.17, 15) is 22.8 Å². The SMILES string of the molecule is COc1cc(/C=C/C(=O)OCC(F)(F)F)ccc1OCCCCCCOC(=O)c1cc(N)cc(N)c1. The molecule has 0 radical (unpaired) electrons. The van der Waals surface area contributed by atoms with E-state index in [1.165, 1.54) is 25.3 Å². The lowest BCUT2D eigenvalue weighted by Crippen LogP contribution is -2.19. The molecule has 0 heterocycles. The van der Waals surface area contributed by atoms with Crippen molar-refractivity contribution in [3.8, 4) is 11.5 Å². The molecule has 0 aliphatic rings. The van der Waals surface area contributed by atoms with Crippen LogP contribution >= 0.6 is 0 Å². The predicted molar refractivity (Wildman–Crippen MR) is 129 cm³/mol. The van der Waals surface area contributed by atoms with Gasteiger partial charge in [0.25, 0.3) is 0 Å². The summed E-state index contributed by atoms with van der Waals surface area (Å²) in [6.07, 6.45) is 0.788. The highest BCUT2D eigenvalue weighted by Gasteiger charge is 2.29. The van der Waals surface area contributed by atoms with Crippen molar-refractivity contribution >= 4 is 29.4 Å². The van der Waals surface area contributed by atoms with Gasteiger partial charge in [0.2, 0.25) is 0 Å². The van der Waals surface area contributed by atoms with E-state index < -0.39 is 24.7 Å². The quantitative estimate of drug-likeness (QED) is 0.171. The topological polar surface area (TPSA) is 123 Å². The van der Waals surface area contributed by atoms with Gasteiger partial charge in [-0.05, 0) is 67.7 Å². The van der Waals surface area contributed by atoms with Crippen LogP contribution in [-0.2, 0) is 14.3 Å². The van der Waals surface area contributed by atoms with Gasteiger partial charge in [-0.15, -0.1) is 0 Å². The van der Waals surface area contributed by atoms with Crippen molar-refractivity contribution in [3.63, 3.8) is 0 Å². The summed E-state index contributed by atoms with van der Waals surface area (Å²) in [7, 11) is 1.45. The molecule has 4 N–H and O–H groups in total. The highest BCUT2D eigenvalue weighted by atomic mass is 19.4. The number of ether oxygens (including phenoxy) is 4. The molecule has 0 saturated heterocycles. The molecule has 0 bridgehead atoms. The van der Waals surface area contributed by atoms with Crippen LogP contribution in [0.3, 0.4) is 0 Å². The zero-order chi connectivity index (χ0) is 26.6. The van der Waals surface area contributed by atoms with Gasteiger partial charge in [-0.1, -0.05) is 6.07 Å². The number of unbranched alkanes of at least 4 members (excludes halogenated alkanes) is 3. The Balaban J connectivity index is 1.67. The third-order valence-electron chi connectivity index (χ3n) is 4.72. The standard InChI is InChI=1S/C25H29F3N2O6/c1-33-22-12-17(7-9-23(31)36-16-25(26,27)28)6-8-21(22)34-10-4-2-3-5-11-35-24(32)18-13-19(29)15-20(30)14-18/h6-9,12-15H,2-5,10-11,16,29-30H2,1H3/b9-7+. The second-order valence-corrected chi connectivity index (χ2v) is 7.75. The van der Waals surface area contributed by atoms with Gasteiger partial charge in [0, 0.05) is 17.5 Å². The van der Waals surface area contributed by atoms with E-state index in [4.69, 9.17) is 25.7 Å². The lowest BCUT2D eigenvalue weighted by Gasteiger charge is -2.11. The van der Waals surface area contributed by atoms with Crippen LogP contribution in [0.2, 0.25) is 0 Å². The number of carbonyl (C=O) groups excluding carboxylic acids is 2. The van der Waals surface area contributed by atoms with Gasteiger partial charge in [-0.25, -0.2) is 9.59 Å². The molecular weight excluding hydrogens is 481 g/mol. The number of carbonyl (C=O) groups is 2. The van der Waals surface area contributed by atoms with Crippen molar-refractivity contribution in [2.75, 3.05) is 38.4 Å². The van der Waals surface area contributed by atoms with E-state index >= 15 is 0 Å². The summed E-state index contributed by atoms with van der Waals surface area (Å²) in [6, 6.07) is 9.45.